The maximum atomic E-state index is 10.9. The molecule has 2 N–H and O–H groups in total. The fourth-order valence-corrected chi connectivity index (χ4v) is 2.44. The van der Waals surface area contributed by atoms with Crippen molar-refractivity contribution in [3.05, 3.63) is 12.2 Å². The van der Waals surface area contributed by atoms with Crippen LogP contribution in [0.15, 0.2) is 12.2 Å². The molecule has 0 fully saturated rings. The summed E-state index contributed by atoms with van der Waals surface area (Å²) in [6.45, 7) is 2.23. The van der Waals surface area contributed by atoms with Gasteiger partial charge < -0.3 is 10.2 Å². The molecule has 0 aliphatic rings. The quantitative estimate of drug-likeness (QED) is 0.264. The van der Waals surface area contributed by atoms with Crippen LogP contribution in [0, 0.1) is 5.92 Å². The van der Waals surface area contributed by atoms with Gasteiger partial charge in [-0.25, -0.2) is 0 Å². The van der Waals surface area contributed by atoms with Crippen LogP contribution in [-0.2, 0) is 9.59 Å². The summed E-state index contributed by atoms with van der Waals surface area (Å²) in [4.78, 5) is 21.4. The van der Waals surface area contributed by atoms with E-state index in [2.05, 4.69) is 6.92 Å². The van der Waals surface area contributed by atoms with Gasteiger partial charge in [-0.3, -0.25) is 9.59 Å². The number of aliphatic carboxylic acids is 2. The zero-order valence-electron chi connectivity index (χ0n) is 13.9. The molecule has 0 heterocycles. The number of allylic oxidation sites excluding steroid dienone is 1. The predicted octanol–water partition coefficient (Wildman–Crippen LogP) is 4.38. The van der Waals surface area contributed by atoms with Gasteiger partial charge in [0.15, 0.2) is 0 Å². The summed E-state index contributed by atoms with van der Waals surface area (Å²) in [5, 5.41) is 17.5. The van der Waals surface area contributed by atoms with Crippen LogP contribution in [0.5, 0.6) is 0 Å². The fourth-order valence-electron chi connectivity index (χ4n) is 2.44. The van der Waals surface area contributed by atoms with Crippen LogP contribution in [0.1, 0.15) is 84.0 Å². The third-order valence-corrected chi connectivity index (χ3v) is 3.80. The van der Waals surface area contributed by atoms with E-state index in [0.717, 1.165) is 19.3 Å². The minimum atomic E-state index is -1.07. The van der Waals surface area contributed by atoms with E-state index >= 15 is 0 Å². The Kier molecular flexibility index (Phi) is 19.5. The Morgan fingerprint density at radius 3 is 1.78 bits per heavy atom. The van der Waals surface area contributed by atoms with Crippen molar-refractivity contribution in [3.8, 4) is 0 Å². The Morgan fingerprint density at radius 1 is 0.870 bits per heavy atom. The Morgan fingerprint density at radius 2 is 1.35 bits per heavy atom. The van der Waals surface area contributed by atoms with Gasteiger partial charge in [0.05, 0.1) is 12.3 Å². The third-order valence-electron chi connectivity index (χ3n) is 3.80. The van der Waals surface area contributed by atoms with E-state index in [9.17, 15) is 9.59 Å². The molecule has 1 atom stereocenters. The van der Waals surface area contributed by atoms with E-state index in [1.807, 2.05) is 6.08 Å². The van der Waals surface area contributed by atoms with E-state index in [1.54, 1.807) is 0 Å². The Hall–Kier alpha value is -0.320. The summed E-state index contributed by atoms with van der Waals surface area (Å²) in [6, 6.07) is 0. The van der Waals surface area contributed by atoms with Crippen LogP contribution in [0.25, 0.3) is 0 Å². The van der Waals surface area contributed by atoms with Crippen LogP contribution in [-0.4, -0.2) is 51.7 Å². The van der Waals surface area contributed by atoms with Gasteiger partial charge in [0, 0.05) is 0 Å². The second kappa shape index (κ2) is 18.0. The van der Waals surface area contributed by atoms with Crippen LogP contribution in [0.4, 0.5) is 0 Å². The van der Waals surface area contributed by atoms with Gasteiger partial charge in [0.25, 0.3) is 0 Å². The second-order valence-corrected chi connectivity index (χ2v) is 5.94. The molecular formula is C18H33NaO4. The van der Waals surface area contributed by atoms with E-state index in [0.29, 0.717) is 0 Å². The second-order valence-electron chi connectivity index (χ2n) is 5.94. The molecule has 4 nitrogen and oxygen atoms in total. The molecule has 0 rings (SSSR count). The summed E-state index contributed by atoms with van der Waals surface area (Å²) in [5.74, 6) is -3.04. The Labute approximate surface area is 163 Å². The topological polar surface area (TPSA) is 74.6 Å². The average molecular weight is 336 g/mol. The first-order valence-electron chi connectivity index (χ1n) is 8.69. The van der Waals surface area contributed by atoms with E-state index in [-0.39, 0.29) is 36.0 Å². The van der Waals surface area contributed by atoms with Crippen LogP contribution in [0.3, 0.4) is 0 Å². The molecule has 0 amide bonds. The number of hydrogen-bond donors (Lipinski definition) is 2. The molecule has 0 aromatic heterocycles. The number of hydrogen-bond acceptors (Lipinski definition) is 2. The monoisotopic (exact) mass is 336 g/mol. The van der Waals surface area contributed by atoms with Crippen molar-refractivity contribution in [2.75, 3.05) is 0 Å². The fraction of sp³-hybridized carbons (Fsp3) is 0.778. The van der Waals surface area contributed by atoms with Gasteiger partial charge in [-0.05, 0) is 12.8 Å². The first-order valence-corrected chi connectivity index (χ1v) is 8.69. The molecule has 0 radical (unpaired) electrons. The molecule has 0 saturated carbocycles. The van der Waals surface area contributed by atoms with Crippen LogP contribution >= 0.6 is 0 Å². The van der Waals surface area contributed by atoms with Crippen molar-refractivity contribution in [2.45, 2.75) is 84.0 Å². The average Bonchev–Trinajstić information content (AvgIpc) is 2.46. The third kappa shape index (κ3) is 17.9. The summed E-state index contributed by atoms with van der Waals surface area (Å²) in [5.41, 5.74) is 0. The Bertz CT molecular complexity index is 329. The molecular weight excluding hydrogens is 303 g/mol. The molecule has 0 spiro atoms. The molecule has 0 saturated heterocycles. The van der Waals surface area contributed by atoms with E-state index < -0.39 is 17.9 Å². The molecule has 0 aliphatic carbocycles. The number of unbranched alkanes of at least 4 members (excludes halogenated alkanes) is 10. The van der Waals surface area contributed by atoms with E-state index in [1.165, 1.54) is 57.4 Å². The number of rotatable bonds is 15. The van der Waals surface area contributed by atoms with Gasteiger partial charge in [-0.1, -0.05) is 76.9 Å². The molecule has 5 heteroatoms. The summed E-state index contributed by atoms with van der Waals surface area (Å²) < 4.78 is 0. The molecule has 23 heavy (non-hydrogen) atoms. The molecule has 0 aliphatic heterocycles. The van der Waals surface area contributed by atoms with E-state index in [4.69, 9.17) is 10.2 Å². The van der Waals surface area contributed by atoms with Crippen molar-refractivity contribution in [1.82, 2.24) is 0 Å². The number of carboxylic acid groups (broad SMARTS) is 2. The van der Waals surface area contributed by atoms with Crippen molar-refractivity contribution >= 4 is 41.5 Å². The number of carbonyl (C=O) groups is 2. The Balaban J connectivity index is 0. The van der Waals surface area contributed by atoms with Crippen molar-refractivity contribution < 1.29 is 19.8 Å². The van der Waals surface area contributed by atoms with Crippen LogP contribution in [0.2, 0.25) is 0 Å². The molecule has 0 bridgehead atoms. The van der Waals surface area contributed by atoms with Gasteiger partial charge in [-0.2, -0.15) is 0 Å². The van der Waals surface area contributed by atoms with Gasteiger partial charge in [0.1, 0.15) is 0 Å². The predicted molar refractivity (Wildman–Crippen MR) is 96.1 cm³/mol. The number of carboxylic acids is 2. The normalized spacial score (nSPS) is 12.0. The van der Waals surface area contributed by atoms with Crippen molar-refractivity contribution in [2.24, 2.45) is 5.92 Å². The van der Waals surface area contributed by atoms with Crippen molar-refractivity contribution in [3.63, 3.8) is 0 Å². The van der Waals surface area contributed by atoms with Gasteiger partial charge in [0.2, 0.25) is 0 Å². The zero-order valence-corrected chi connectivity index (χ0v) is 13.9. The summed E-state index contributed by atoms with van der Waals surface area (Å²) >= 11 is 0. The summed E-state index contributed by atoms with van der Waals surface area (Å²) in [7, 11) is 0. The van der Waals surface area contributed by atoms with Gasteiger partial charge >= 0.3 is 41.5 Å². The summed E-state index contributed by atoms with van der Waals surface area (Å²) in [6.07, 6.45) is 16.6. The van der Waals surface area contributed by atoms with Crippen molar-refractivity contribution in [1.29, 1.82) is 0 Å². The first kappa shape index (κ1) is 24.9. The van der Waals surface area contributed by atoms with Gasteiger partial charge in [-0.15, -0.1) is 0 Å². The van der Waals surface area contributed by atoms with Crippen LogP contribution < -0.4 is 0 Å². The molecule has 1 unspecified atom stereocenters. The minimum absolute atomic E-state index is 0. The molecule has 0 aromatic rings. The molecule has 0 aromatic carbocycles. The SMILES string of the molecule is CCCCCCCCCCCCC=CC(CC(=O)O)C(=O)O.[NaH]. The first-order chi connectivity index (χ1) is 10.6. The zero-order chi connectivity index (χ0) is 16.6. The maximum absolute atomic E-state index is 10.9. The molecule has 130 valence electrons. The standard InChI is InChI=1S/C18H32O4.Na.H/c1-2-3-4-5-6-7-8-9-10-11-12-13-14-16(18(21)22)15-17(19)20;;/h13-14,16H,2-12,15H2,1H3,(H,19,20)(H,21,22);;.